The summed E-state index contributed by atoms with van der Waals surface area (Å²) in [6.07, 6.45) is -1.50. The van der Waals surface area contributed by atoms with Crippen LogP contribution in [-0.2, 0) is 6.18 Å². The molecule has 1 atom stereocenters. The first-order valence-corrected chi connectivity index (χ1v) is 5.82. The monoisotopic (exact) mass is 274 g/mol. The van der Waals surface area contributed by atoms with Gasteiger partial charge in [0.1, 0.15) is 6.10 Å². The largest absolute Gasteiger partial charge is 0.443 e. The second-order valence-electron chi connectivity index (χ2n) is 3.70. The van der Waals surface area contributed by atoms with Gasteiger partial charge in [0.15, 0.2) is 5.01 Å². The van der Waals surface area contributed by atoms with Crippen molar-refractivity contribution in [1.82, 2.24) is 9.97 Å². The molecule has 3 nitrogen and oxygen atoms in total. The van der Waals surface area contributed by atoms with Crippen molar-refractivity contribution in [3.63, 3.8) is 0 Å². The first kappa shape index (κ1) is 13.0. The summed E-state index contributed by atoms with van der Waals surface area (Å²) in [4.78, 5) is 7.31. The lowest BCUT2D eigenvalue weighted by Crippen LogP contribution is -2.03. The molecule has 0 saturated carbocycles. The molecule has 2 heterocycles. The summed E-state index contributed by atoms with van der Waals surface area (Å²) in [6.45, 7) is 1.73. The van der Waals surface area contributed by atoms with Gasteiger partial charge in [0, 0.05) is 18.6 Å². The molecule has 1 N–H and O–H groups in total. The Morgan fingerprint density at radius 1 is 1.33 bits per heavy atom. The van der Waals surface area contributed by atoms with E-state index in [0.29, 0.717) is 22.5 Å². The lowest BCUT2D eigenvalue weighted by molar-refractivity contribution is -0.137. The molecule has 0 radical (unpaired) electrons. The van der Waals surface area contributed by atoms with E-state index in [1.807, 2.05) is 0 Å². The maximum absolute atomic E-state index is 12.4. The highest BCUT2D eigenvalue weighted by Gasteiger charge is 2.35. The van der Waals surface area contributed by atoms with Crippen LogP contribution in [0.2, 0.25) is 0 Å². The van der Waals surface area contributed by atoms with Gasteiger partial charge in [-0.15, -0.1) is 11.3 Å². The van der Waals surface area contributed by atoms with Gasteiger partial charge in [-0.05, 0) is 24.1 Å². The molecule has 2 aromatic heterocycles. The smallest absolute Gasteiger partial charge is 0.383 e. The van der Waals surface area contributed by atoms with Gasteiger partial charge in [0.2, 0.25) is 0 Å². The van der Waals surface area contributed by atoms with Crippen LogP contribution < -0.4 is 0 Å². The average Bonchev–Trinajstić information content (AvgIpc) is 2.77. The van der Waals surface area contributed by atoms with Crippen LogP contribution in [-0.4, -0.2) is 15.1 Å². The number of hydrogen-bond donors (Lipinski definition) is 1. The van der Waals surface area contributed by atoms with Gasteiger partial charge >= 0.3 is 6.18 Å². The van der Waals surface area contributed by atoms with E-state index < -0.39 is 17.3 Å². The maximum atomic E-state index is 12.4. The minimum Gasteiger partial charge on any atom is -0.383 e. The van der Waals surface area contributed by atoms with E-state index in [4.69, 9.17) is 0 Å². The molecule has 0 spiro atoms. The maximum Gasteiger partial charge on any atom is 0.443 e. The van der Waals surface area contributed by atoms with E-state index in [-0.39, 0.29) is 4.88 Å². The van der Waals surface area contributed by atoms with Crippen LogP contribution in [0, 0.1) is 6.92 Å². The Morgan fingerprint density at radius 2 is 2.06 bits per heavy atom. The quantitative estimate of drug-likeness (QED) is 0.915. The van der Waals surface area contributed by atoms with Crippen LogP contribution in [0.3, 0.4) is 0 Å². The topological polar surface area (TPSA) is 46.0 Å². The molecule has 18 heavy (non-hydrogen) atoms. The number of thiazole rings is 1. The molecule has 0 amide bonds. The van der Waals surface area contributed by atoms with Crippen molar-refractivity contribution in [3.8, 4) is 0 Å². The fourth-order valence-electron chi connectivity index (χ4n) is 1.49. The third kappa shape index (κ3) is 2.51. The second kappa shape index (κ2) is 4.66. The van der Waals surface area contributed by atoms with Crippen LogP contribution >= 0.6 is 11.3 Å². The van der Waals surface area contributed by atoms with Crippen molar-refractivity contribution in [2.75, 3.05) is 0 Å². The summed E-state index contributed by atoms with van der Waals surface area (Å²) in [6, 6.07) is 1.58. The highest BCUT2D eigenvalue weighted by Crippen LogP contribution is 2.36. The number of aryl methyl sites for hydroxylation is 1. The molecular weight excluding hydrogens is 265 g/mol. The molecule has 1 unspecified atom stereocenters. The molecule has 0 aliphatic rings. The van der Waals surface area contributed by atoms with E-state index in [9.17, 15) is 18.3 Å². The highest BCUT2D eigenvalue weighted by molar-refractivity contribution is 7.11. The molecule has 0 saturated heterocycles. The standard InChI is InChI=1S/C11H9F3N2OS/c1-6-4-15-3-2-7(6)9(17)8-5-16-10(18-8)11(12,13)14/h2-5,9,17H,1H3. The third-order valence-corrected chi connectivity index (χ3v) is 3.49. The average molecular weight is 274 g/mol. The van der Waals surface area contributed by atoms with E-state index >= 15 is 0 Å². The van der Waals surface area contributed by atoms with Crippen molar-refractivity contribution in [2.24, 2.45) is 0 Å². The van der Waals surface area contributed by atoms with Crippen molar-refractivity contribution in [2.45, 2.75) is 19.2 Å². The number of hydrogen-bond acceptors (Lipinski definition) is 4. The molecule has 2 aromatic rings. The van der Waals surface area contributed by atoms with E-state index in [1.165, 1.54) is 6.20 Å². The SMILES string of the molecule is Cc1cnccc1C(O)c1cnc(C(F)(F)F)s1. The van der Waals surface area contributed by atoms with Gasteiger partial charge in [0.05, 0.1) is 4.88 Å². The van der Waals surface area contributed by atoms with Crippen molar-refractivity contribution in [3.05, 3.63) is 45.7 Å². The zero-order valence-electron chi connectivity index (χ0n) is 9.27. The Balaban J connectivity index is 2.33. The Hall–Kier alpha value is -1.47. The van der Waals surface area contributed by atoms with Crippen molar-refractivity contribution >= 4 is 11.3 Å². The molecule has 0 bridgehead atoms. The zero-order valence-corrected chi connectivity index (χ0v) is 10.1. The number of rotatable bonds is 2. The van der Waals surface area contributed by atoms with Gasteiger partial charge in [-0.3, -0.25) is 4.98 Å². The fraction of sp³-hybridized carbons (Fsp3) is 0.273. The van der Waals surface area contributed by atoms with Crippen LogP contribution in [0.5, 0.6) is 0 Å². The fourth-order valence-corrected chi connectivity index (χ4v) is 2.28. The van der Waals surface area contributed by atoms with Crippen LogP contribution in [0.4, 0.5) is 13.2 Å². The van der Waals surface area contributed by atoms with E-state index in [2.05, 4.69) is 9.97 Å². The minimum absolute atomic E-state index is 0.164. The van der Waals surface area contributed by atoms with Crippen molar-refractivity contribution < 1.29 is 18.3 Å². The Labute approximate surface area is 105 Å². The summed E-state index contributed by atoms with van der Waals surface area (Å²) >= 11 is 0.445. The summed E-state index contributed by atoms with van der Waals surface area (Å²) < 4.78 is 37.2. The first-order valence-electron chi connectivity index (χ1n) is 5.01. The van der Waals surface area contributed by atoms with Gasteiger partial charge < -0.3 is 5.11 Å². The summed E-state index contributed by atoms with van der Waals surface area (Å²) in [5.74, 6) is 0. The van der Waals surface area contributed by atoms with Gasteiger partial charge in [-0.2, -0.15) is 13.2 Å². The molecule has 7 heteroatoms. The number of alkyl halides is 3. The van der Waals surface area contributed by atoms with Gasteiger partial charge in [-0.25, -0.2) is 4.98 Å². The van der Waals surface area contributed by atoms with Gasteiger partial charge in [-0.1, -0.05) is 0 Å². The minimum atomic E-state index is -4.48. The van der Waals surface area contributed by atoms with Crippen LogP contribution in [0.25, 0.3) is 0 Å². The zero-order chi connectivity index (χ0) is 13.3. The number of pyridine rings is 1. The summed E-state index contributed by atoms with van der Waals surface area (Å²) in [5.41, 5.74) is 1.24. The summed E-state index contributed by atoms with van der Waals surface area (Å²) in [7, 11) is 0. The predicted octanol–water partition coefficient (Wildman–Crippen LogP) is 2.95. The Bertz CT molecular complexity index is 553. The van der Waals surface area contributed by atoms with Crippen LogP contribution in [0.15, 0.2) is 24.7 Å². The molecule has 96 valence electrons. The lowest BCUT2D eigenvalue weighted by Gasteiger charge is -2.10. The lowest BCUT2D eigenvalue weighted by atomic mass is 10.1. The number of aromatic nitrogens is 2. The number of aliphatic hydroxyl groups excluding tert-OH is 1. The molecule has 0 fully saturated rings. The third-order valence-electron chi connectivity index (χ3n) is 2.39. The number of nitrogens with zero attached hydrogens (tertiary/aromatic N) is 2. The van der Waals surface area contributed by atoms with E-state index in [1.54, 1.807) is 19.2 Å². The predicted molar refractivity (Wildman–Crippen MR) is 60.2 cm³/mol. The molecular formula is C11H9F3N2OS. The molecule has 0 aromatic carbocycles. The number of halogens is 3. The van der Waals surface area contributed by atoms with E-state index in [0.717, 1.165) is 6.20 Å². The van der Waals surface area contributed by atoms with Gasteiger partial charge in [0.25, 0.3) is 0 Å². The molecule has 0 aliphatic carbocycles. The Morgan fingerprint density at radius 3 is 2.61 bits per heavy atom. The van der Waals surface area contributed by atoms with Crippen molar-refractivity contribution in [1.29, 1.82) is 0 Å². The molecule has 2 rings (SSSR count). The number of aliphatic hydroxyl groups is 1. The van der Waals surface area contributed by atoms with Crippen LogP contribution in [0.1, 0.15) is 27.1 Å². The normalized spacial score (nSPS) is 13.6. The Kier molecular flexibility index (Phi) is 3.36. The first-order chi connectivity index (χ1) is 8.39. The second-order valence-corrected chi connectivity index (χ2v) is 4.76. The molecule has 0 aliphatic heterocycles. The summed E-state index contributed by atoms with van der Waals surface area (Å²) in [5, 5.41) is 9.07. The highest BCUT2D eigenvalue weighted by atomic mass is 32.1.